The minimum absolute atomic E-state index is 0.135. The predicted molar refractivity (Wildman–Crippen MR) is 99.8 cm³/mol. The van der Waals surface area contributed by atoms with Gasteiger partial charge in [0.15, 0.2) is 0 Å². The van der Waals surface area contributed by atoms with Gasteiger partial charge in [-0.3, -0.25) is 4.79 Å². The molecular formula is C19H16FN3O2S. The Balaban J connectivity index is 1.53. The number of thioether (sulfide) groups is 1. The van der Waals surface area contributed by atoms with Crippen molar-refractivity contribution in [3.63, 3.8) is 0 Å². The number of aromatic nitrogens is 2. The van der Waals surface area contributed by atoms with Gasteiger partial charge in [-0.2, -0.15) is 0 Å². The van der Waals surface area contributed by atoms with Crippen molar-refractivity contribution in [2.45, 2.75) is 5.03 Å². The molecule has 0 spiro atoms. The van der Waals surface area contributed by atoms with Crippen LogP contribution in [0.3, 0.4) is 0 Å². The van der Waals surface area contributed by atoms with Crippen LogP contribution in [-0.4, -0.2) is 29.0 Å². The highest BCUT2D eigenvalue weighted by Crippen LogP contribution is 2.21. The Bertz CT molecular complexity index is 869. The van der Waals surface area contributed by atoms with Crippen molar-refractivity contribution >= 4 is 23.4 Å². The summed E-state index contributed by atoms with van der Waals surface area (Å²) >= 11 is 1.29. The van der Waals surface area contributed by atoms with E-state index in [0.29, 0.717) is 16.4 Å². The maximum absolute atomic E-state index is 13.0. The minimum Gasteiger partial charge on any atom is -0.497 e. The van der Waals surface area contributed by atoms with E-state index in [4.69, 9.17) is 4.74 Å². The van der Waals surface area contributed by atoms with Crippen molar-refractivity contribution < 1.29 is 13.9 Å². The average molecular weight is 369 g/mol. The van der Waals surface area contributed by atoms with Crippen molar-refractivity contribution in [3.8, 4) is 17.0 Å². The van der Waals surface area contributed by atoms with E-state index in [2.05, 4.69) is 15.5 Å². The Morgan fingerprint density at radius 2 is 1.77 bits per heavy atom. The Morgan fingerprint density at radius 3 is 2.38 bits per heavy atom. The summed E-state index contributed by atoms with van der Waals surface area (Å²) in [4.78, 5) is 12.0. The van der Waals surface area contributed by atoms with Crippen LogP contribution >= 0.6 is 11.8 Å². The standard InChI is InChI=1S/C19H16FN3O2S/c1-25-16-8-6-15(7-9-16)21-18(24)12-26-19-11-10-17(22-23-19)13-2-4-14(20)5-3-13/h2-11H,12H2,1H3,(H,21,24). The molecule has 1 aromatic heterocycles. The van der Waals surface area contributed by atoms with Gasteiger partial charge in [0.25, 0.3) is 0 Å². The zero-order valence-electron chi connectivity index (χ0n) is 14.0. The van der Waals surface area contributed by atoms with Gasteiger partial charge in [0.1, 0.15) is 16.6 Å². The number of anilines is 1. The summed E-state index contributed by atoms with van der Waals surface area (Å²) in [7, 11) is 1.59. The lowest BCUT2D eigenvalue weighted by molar-refractivity contribution is -0.113. The predicted octanol–water partition coefficient (Wildman–Crippen LogP) is 4.02. The van der Waals surface area contributed by atoms with Crippen LogP contribution in [0, 0.1) is 5.82 Å². The van der Waals surface area contributed by atoms with E-state index >= 15 is 0 Å². The molecule has 0 aliphatic heterocycles. The van der Waals surface area contributed by atoms with Crippen LogP contribution in [0.25, 0.3) is 11.3 Å². The summed E-state index contributed by atoms with van der Waals surface area (Å²) in [6, 6.07) is 16.7. The van der Waals surface area contributed by atoms with Gasteiger partial charge in [-0.05, 0) is 60.7 Å². The van der Waals surface area contributed by atoms with Gasteiger partial charge >= 0.3 is 0 Å². The van der Waals surface area contributed by atoms with Gasteiger partial charge in [-0.15, -0.1) is 10.2 Å². The van der Waals surface area contributed by atoms with Crippen molar-refractivity contribution in [2.75, 3.05) is 18.2 Å². The van der Waals surface area contributed by atoms with Crippen LogP contribution < -0.4 is 10.1 Å². The van der Waals surface area contributed by atoms with Gasteiger partial charge < -0.3 is 10.1 Å². The molecule has 132 valence electrons. The third kappa shape index (κ3) is 4.80. The van der Waals surface area contributed by atoms with Crippen LogP contribution in [-0.2, 0) is 4.79 Å². The molecule has 3 aromatic rings. The van der Waals surface area contributed by atoms with E-state index in [1.54, 1.807) is 55.6 Å². The second-order valence-corrected chi connectivity index (χ2v) is 6.32. The molecule has 2 aromatic carbocycles. The Labute approximate surface area is 154 Å². The number of nitrogens with one attached hydrogen (secondary N) is 1. The first-order chi connectivity index (χ1) is 12.6. The zero-order chi connectivity index (χ0) is 18.4. The fourth-order valence-corrected chi connectivity index (χ4v) is 2.80. The summed E-state index contributed by atoms with van der Waals surface area (Å²) in [5.74, 6) is 0.520. The number of methoxy groups -OCH3 is 1. The number of ether oxygens (including phenoxy) is 1. The maximum Gasteiger partial charge on any atom is 0.234 e. The summed E-state index contributed by atoms with van der Waals surface area (Å²) in [6.07, 6.45) is 0. The fourth-order valence-electron chi connectivity index (χ4n) is 2.18. The van der Waals surface area contributed by atoms with Gasteiger partial charge in [0.2, 0.25) is 5.91 Å². The van der Waals surface area contributed by atoms with E-state index in [9.17, 15) is 9.18 Å². The third-order valence-electron chi connectivity index (χ3n) is 3.50. The highest BCUT2D eigenvalue weighted by atomic mass is 32.2. The van der Waals surface area contributed by atoms with Gasteiger partial charge in [0, 0.05) is 11.3 Å². The summed E-state index contributed by atoms with van der Waals surface area (Å²) in [5, 5.41) is 11.7. The monoisotopic (exact) mass is 369 g/mol. The number of rotatable bonds is 6. The van der Waals surface area contributed by atoms with E-state index in [0.717, 1.165) is 11.3 Å². The van der Waals surface area contributed by atoms with Crippen molar-refractivity contribution in [3.05, 3.63) is 66.5 Å². The molecule has 7 heteroatoms. The van der Waals surface area contributed by atoms with Crippen molar-refractivity contribution in [2.24, 2.45) is 0 Å². The highest BCUT2D eigenvalue weighted by Gasteiger charge is 2.06. The molecule has 0 saturated heterocycles. The second-order valence-electron chi connectivity index (χ2n) is 5.33. The topological polar surface area (TPSA) is 64.1 Å². The Kier molecular flexibility index (Phi) is 5.80. The van der Waals surface area contributed by atoms with E-state index < -0.39 is 0 Å². The number of carbonyl (C=O) groups excluding carboxylic acids is 1. The molecule has 3 rings (SSSR count). The second kappa shape index (κ2) is 8.44. The molecule has 0 radical (unpaired) electrons. The average Bonchev–Trinajstić information content (AvgIpc) is 2.68. The van der Waals surface area contributed by atoms with Crippen LogP contribution in [0.1, 0.15) is 0 Å². The van der Waals surface area contributed by atoms with Crippen LogP contribution in [0.4, 0.5) is 10.1 Å². The maximum atomic E-state index is 13.0. The number of halogens is 1. The van der Waals surface area contributed by atoms with Gasteiger partial charge in [0.05, 0.1) is 18.6 Å². The Morgan fingerprint density at radius 1 is 1.04 bits per heavy atom. The smallest absolute Gasteiger partial charge is 0.234 e. The van der Waals surface area contributed by atoms with Crippen LogP contribution in [0.15, 0.2) is 65.7 Å². The fraction of sp³-hybridized carbons (Fsp3) is 0.105. The molecule has 0 atom stereocenters. The molecule has 0 bridgehead atoms. The third-order valence-corrected chi connectivity index (χ3v) is 4.43. The normalized spacial score (nSPS) is 10.4. The van der Waals surface area contributed by atoms with Crippen molar-refractivity contribution in [1.29, 1.82) is 0 Å². The lowest BCUT2D eigenvalue weighted by atomic mass is 10.1. The number of nitrogens with zero attached hydrogens (tertiary/aromatic N) is 2. The first-order valence-electron chi connectivity index (χ1n) is 7.80. The molecule has 0 fully saturated rings. The van der Waals surface area contributed by atoms with Gasteiger partial charge in [-0.25, -0.2) is 4.39 Å². The summed E-state index contributed by atoms with van der Waals surface area (Å²) in [5.41, 5.74) is 2.14. The van der Waals surface area contributed by atoms with E-state index in [1.165, 1.54) is 23.9 Å². The highest BCUT2D eigenvalue weighted by molar-refractivity contribution is 7.99. The lowest BCUT2D eigenvalue weighted by Gasteiger charge is -2.06. The molecule has 0 unspecified atom stereocenters. The number of hydrogen-bond acceptors (Lipinski definition) is 5. The molecule has 0 saturated carbocycles. The van der Waals surface area contributed by atoms with E-state index in [1.807, 2.05) is 0 Å². The largest absolute Gasteiger partial charge is 0.497 e. The molecular weight excluding hydrogens is 353 g/mol. The molecule has 1 amide bonds. The first-order valence-corrected chi connectivity index (χ1v) is 8.79. The molecule has 0 aliphatic carbocycles. The molecule has 0 aliphatic rings. The molecule has 26 heavy (non-hydrogen) atoms. The van der Waals surface area contributed by atoms with Gasteiger partial charge in [-0.1, -0.05) is 11.8 Å². The van der Waals surface area contributed by atoms with Crippen LogP contribution in [0.2, 0.25) is 0 Å². The Hall–Kier alpha value is -2.93. The SMILES string of the molecule is COc1ccc(NC(=O)CSc2ccc(-c3ccc(F)cc3)nn2)cc1. The molecule has 1 N–H and O–H groups in total. The number of benzene rings is 2. The molecule has 5 nitrogen and oxygen atoms in total. The summed E-state index contributed by atoms with van der Waals surface area (Å²) in [6.45, 7) is 0. The summed E-state index contributed by atoms with van der Waals surface area (Å²) < 4.78 is 18.0. The minimum atomic E-state index is -0.295. The molecule has 1 heterocycles. The quantitative estimate of drug-likeness (QED) is 0.665. The van der Waals surface area contributed by atoms with Crippen LogP contribution in [0.5, 0.6) is 5.75 Å². The first kappa shape index (κ1) is 17.9. The number of amides is 1. The lowest BCUT2D eigenvalue weighted by Crippen LogP contribution is -2.14. The van der Waals surface area contributed by atoms with Crippen molar-refractivity contribution in [1.82, 2.24) is 10.2 Å². The number of hydrogen-bond donors (Lipinski definition) is 1. The zero-order valence-corrected chi connectivity index (χ0v) is 14.8. The number of carbonyl (C=O) groups is 1. The van der Waals surface area contributed by atoms with E-state index in [-0.39, 0.29) is 17.5 Å².